The van der Waals surface area contributed by atoms with Gasteiger partial charge in [-0.2, -0.15) is 0 Å². The monoisotopic (exact) mass is 263 g/mol. The highest BCUT2D eigenvalue weighted by Gasteiger charge is 2.26. The van der Waals surface area contributed by atoms with Crippen LogP contribution in [0.3, 0.4) is 0 Å². The number of hydrogen-bond donors (Lipinski definition) is 2. The second kappa shape index (κ2) is 6.02. The summed E-state index contributed by atoms with van der Waals surface area (Å²) in [6, 6.07) is 3.52. The van der Waals surface area contributed by atoms with Gasteiger partial charge in [-0.05, 0) is 38.8 Å². The molecule has 1 aliphatic heterocycles. The van der Waals surface area contributed by atoms with Crippen LogP contribution in [0.4, 0.5) is 10.5 Å². The van der Waals surface area contributed by atoms with Crippen molar-refractivity contribution in [3.8, 4) is 0 Å². The summed E-state index contributed by atoms with van der Waals surface area (Å²) in [4.78, 5) is 18.0. The van der Waals surface area contributed by atoms with Crippen LogP contribution >= 0.6 is 0 Å². The first-order valence-corrected chi connectivity index (χ1v) is 6.73. The Kier molecular flexibility index (Phi) is 4.37. The molecular weight excluding hydrogens is 242 g/mol. The van der Waals surface area contributed by atoms with Crippen LogP contribution in [-0.2, 0) is 0 Å². The second-order valence-electron chi connectivity index (χ2n) is 5.20. The van der Waals surface area contributed by atoms with E-state index in [9.17, 15) is 9.90 Å². The molecule has 0 aliphatic carbocycles. The number of anilines is 1. The molecular formula is C14H21N3O2. The maximum Gasteiger partial charge on any atom is 0.321 e. The molecule has 1 aromatic heterocycles. The maximum absolute atomic E-state index is 12.2. The van der Waals surface area contributed by atoms with Crippen LogP contribution in [-0.4, -0.2) is 40.2 Å². The number of pyridine rings is 1. The summed E-state index contributed by atoms with van der Waals surface area (Å²) < 4.78 is 0. The number of likely N-dealkylation sites (tertiary alicyclic amines) is 1. The third-order valence-corrected chi connectivity index (χ3v) is 3.58. The molecule has 2 unspecified atom stereocenters. The van der Waals surface area contributed by atoms with E-state index in [-0.39, 0.29) is 18.1 Å². The van der Waals surface area contributed by atoms with Gasteiger partial charge < -0.3 is 15.3 Å². The molecule has 0 bridgehead atoms. The lowest BCUT2D eigenvalue weighted by molar-refractivity contribution is 0.0766. The second-order valence-corrected chi connectivity index (χ2v) is 5.20. The van der Waals surface area contributed by atoms with E-state index in [1.807, 2.05) is 13.0 Å². The van der Waals surface area contributed by atoms with E-state index in [2.05, 4.69) is 10.3 Å². The van der Waals surface area contributed by atoms with Gasteiger partial charge in [0, 0.05) is 36.6 Å². The predicted octanol–water partition coefficient (Wildman–Crippen LogP) is 2.01. The van der Waals surface area contributed by atoms with Crippen molar-refractivity contribution in [3.63, 3.8) is 0 Å². The molecule has 5 heteroatoms. The molecule has 2 heterocycles. The molecule has 104 valence electrons. The molecule has 1 fully saturated rings. The molecule has 1 aliphatic rings. The summed E-state index contributed by atoms with van der Waals surface area (Å²) in [5.41, 5.74) is 1.63. The molecule has 1 aromatic rings. The number of urea groups is 1. The number of amides is 2. The van der Waals surface area contributed by atoms with E-state index in [0.29, 0.717) is 6.54 Å². The Labute approximate surface area is 113 Å². The van der Waals surface area contributed by atoms with Crippen LogP contribution in [0.15, 0.2) is 18.3 Å². The van der Waals surface area contributed by atoms with Gasteiger partial charge >= 0.3 is 6.03 Å². The van der Waals surface area contributed by atoms with Gasteiger partial charge in [0.2, 0.25) is 0 Å². The Bertz CT molecular complexity index is 448. The van der Waals surface area contributed by atoms with E-state index >= 15 is 0 Å². The summed E-state index contributed by atoms with van der Waals surface area (Å²) in [6.07, 6.45) is 3.24. The molecule has 1 saturated heterocycles. The van der Waals surface area contributed by atoms with Gasteiger partial charge in [0.05, 0.1) is 6.10 Å². The van der Waals surface area contributed by atoms with Crippen molar-refractivity contribution in [2.45, 2.75) is 32.8 Å². The van der Waals surface area contributed by atoms with E-state index in [4.69, 9.17) is 0 Å². The minimum Gasteiger partial charge on any atom is -0.393 e. The Balaban J connectivity index is 1.96. The molecule has 0 aromatic carbocycles. The number of nitrogens with zero attached hydrogens (tertiary/aromatic N) is 2. The summed E-state index contributed by atoms with van der Waals surface area (Å²) >= 11 is 0. The average Bonchev–Trinajstić information content (AvgIpc) is 2.39. The van der Waals surface area contributed by atoms with Crippen LogP contribution < -0.4 is 5.32 Å². The van der Waals surface area contributed by atoms with Crippen LogP contribution in [0.2, 0.25) is 0 Å². The number of aliphatic hydroxyl groups excluding tert-OH is 1. The van der Waals surface area contributed by atoms with Gasteiger partial charge in [0.1, 0.15) is 0 Å². The van der Waals surface area contributed by atoms with Gasteiger partial charge in [-0.15, -0.1) is 0 Å². The Morgan fingerprint density at radius 2 is 2.42 bits per heavy atom. The zero-order valence-corrected chi connectivity index (χ0v) is 11.5. The molecule has 2 atom stereocenters. The van der Waals surface area contributed by atoms with Crippen LogP contribution in [0.5, 0.6) is 0 Å². The third kappa shape index (κ3) is 3.67. The fourth-order valence-corrected chi connectivity index (χ4v) is 2.41. The van der Waals surface area contributed by atoms with Crippen molar-refractivity contribution in [2.24, 2.45) is 5.92 Å². The number of aryl methyl sites for hydroxylation is 1. The zero-order chi connectivity index (χ0) is 13.8. The standard InChI is InChI=1S/C14H21N3O2/c1-10-8-13(5-6-15-10)16-14(19)17-7-3-4-12(9-17)11(2)18/h5-6,8,11-12,18H,3-4,7,9H2,1-2H3,(H,15,16,19). The lowest BCUT2D eigenvalue weighted by atomic mass is 9.94. The van der Waals surface area contributed by atoms with Gasteiger partial charge in [-0.3, -0.25) is 4.98 Å². The normalized spacial score (nSPS) is 21.0. The number of aliphatic hydroxyl groups is 1. The van der Waals surface area contributed by atoms with Crippen molar-refractivity contribution in [3.05, 3.63) is 24.0 Å². The Morgan fingerprint density at radius 1 is 1.63 bits per heavy atom. The molecule has 2 amide bonds. The maximum atomic E-state index is 12.2. The molecule has 2 rings (SSSR count). The first-order chi connectivity index (χ1) is 9.06. The summed E-state index contributed by atoms with van der Waals surface area (Å²) in [5, 5.41) is 12.5. The zero-order valence-electron chi connectivity index (χ0n) is 11.5. The largest absolute Gasteiger partial charge is 0.393 e. The highest BCUT2D eigenvalue weighted by atomic mass is 16.3. The van der Waals surface area contributed by atoms with Crippen molar-refractivity contribution < 1.29 is 9.90 Å². The third-order valence-electron chi connectivity index (χ3n) is 3.58. The first-order valence-electron chi connectivity index (χ1n) is 6.73. The van der Waals surface area contributed by atoms with Crippen LogP contribution in [0.25, 0.3) is 0 Å². The molecule has 5 nitrogen and oxygen atoms in total. The van der Waals surface area contributed by atoms with Crippen molar-refractivity contribution in [2.75, 3.05) is 18.4 Å². The average molecular weight is 263 g/mol. The fraction of sp³-hybridized carbons (Fsp3) is 0.571. The molecule has 0 saturated carbocycles. The van der Waals surface area contributed by atoms with Crippen LogP contribution in [0.1, 0.15) is 25.5 Å². The first kappa shape index (κ1) is 13.8. The lowest BCUT2D eigenvalue weighted by Crippen LogP contribution is -2.44. The van der Waals surface area contributed by atoms with Crippen molar-refractivity contribution >= 4 is 11.7 Å². The smallest absolute Gasteiger partial charge is 0.321 e. The number of rotatable bonds is 2. The summed E-state index contributed by atoms with van der Waals surface area (Å²) in [7, 11) is 0. The van der Waals surface area contributed by atoms with E-state index in [0.717, 1.165) is 30.8 Å². The Hall–Kier alpha value is -1.62. The van der Waals surface area contributed by atoms with E-state index < -0.39 is 0 Å². The van der Waals surface area contributed by atoms with Crippen LogP contribution in [0, 0.1) is 12.8 Å². The van der Waals surface area contributed by atoms with Crippen molar-refractivity contribution in [1.29, 1.82) is 0 Å². The number of piperidine rings is 1. The van der Waals surface area contributed by atoms with Gasteiger partial charge in [0.25, 0.3) is 0 Å². The molecule has 19 heavy (non-hydrogen) atoms. The SMILES string of the molecule is Cc1cc(NC(=O)N2CCCC(C(C)O)C2)ccn1. The fourth-order valence-electron chi connectivity index (χ4n) is 2.41. The van der Waals surface area contributed by atoms with E-state index in [1.165, 1.54) is 0 Å². The van der Waals surface area contributed by atoms with Crippen molar-refractivity contribution in [1.82, 2.24) is 9.88 Å². The highest BCUT2D eigenvalue weighted by Crippen LogP contribution is 2.20. The minimum absolute atomic E-state index is 0.101. The molecule has 0 spiro atoms. The van der Waals surface area contributed by atoms with E-state index in [1.54, 1.807) is 24.1 Å². The quantitative estimate of drug-likeness (QED) is 0.858. The van der Waals surface area contributed by atoms with Gasteiger partial charge in [0.15, 0.2) is 0 Å². The number of nitrogens with one attached hydrogen (secondary N) is 1. The number of carbonyl (C=O) groups is 1. The highest BCUT2D eigenvalue weighted by molar-refractivity contribution is 5.89. The molecule has 0 radical (unpaired) electrons. The number of aromatic nitrogens is 1. The van der Waals surface area contributed by atoms with Gasteiger partial charge in [-0.25, -0.2) is 4.79 Å². The predicted molar refractivity (Wildman–Crippen MR) is 74.0 cm³/mol. The number of carbonyl (C=O) groups excluding carboxylic acids is 1. The summed E-state index contributed by atoms with van der Waals surface area (Å²) in [6.45, 7) is 5.05. The minimum atomic E-state index is -0.362. The number of hydrogen-bond acceptors (Lipinski definition) is 3. The Morgan fingerprint density at radius 3 is 3.11 bits per heavy atom. The lowest BCUT2D eigenvalue weighted by Gasteiger charge is -2.34. The molecule has 2 N–H and O–H groups in total. The van der Waals surface area contributed by atoms with Gasteiger partial charge in [-0.1, -0.05) is 0 Å². The summed E-state index contributed by atoms with van der Waals surface area (Å²) in [5.74, 6) is 0.179. The topological polar surface area (TPSA) is 65.5 Å².